The molecule has 0 aliphatic carbocycles. The van der Waals surface area contributed by atoms with Gasteiger partial charge in [-0.2, -0.15) is 0 Å². The minimum absolute atomic E-state index is 0.0561. The summed E-state index contributed by atoms with van der Waals surface area (Å²) in [5.41, 5.74) is 0.315. The Morgan fingerprint density at radius 2 is 2.08 bits per heavy atom. The van der Waals surface area contributed by atoms with Crippen LogP contribution < -0.4 is 5.32 Å². The van der Waals surface area contributed by atoms with E-state index >= 15 is 0 Å². The summed E-state index contributed by atoms with van der Waals surface area (Å²) in [5, 5.41) is 16.2. The average molecular weight is 359 g/mol. The van der Waals surface area contributed by atoms with Gasteiger partial charge in [-0.05, 0) is 37.4 Å². The smallest absolute Gasteiger partial charge is 0.270 e. The van der Waals surface area contributed by atoms with Gasteiger partial charge in [0.1, 0.15) is 0 Å². The van der Waals surface area contributed by atoms with E-state index in [1.165, 1.54) is 29.9 Å². The van der Waals surface area contributed by atoms with E-state index in [4.69, 9.17) is 0 Å². The van der Waals surface area contributed by atoms with Gasteiger partial charge in [-0.1, -0.05) is 18.2 Å². The summed E-state index contributed by atoms with van der Waals surface area (Å²) in [5.74, 6) is -0.130. The van der Waals surface area contributed by atoms with Crippen LogP contribution >= 0.6 is 11.3 Å². The van der Waals surface area contributed by atoms with Crippen LogP contribution in [0.15, 0.2) is 41.8 Å². The van der Waals surface area contributed by atoms with Crippen molar-refractivity contribution >= 4 is 22.8 Å². The lowest BCUT2D eigenvalue weighted by Gasteiger charge is -2.26. The van der Waals surface area contributed by atoms with Gasteiger partial charge in [0.25, 0.3) is 5.69 Å². The number of ketones is 1. The zero-order chi connectivity index (χ0) is 17.6. The molecule has 1 unspecified atom stereocenters. The Bertz CT molecular complexity index is 727. The summed E-state index contributed by atoms with van der Waals surface area (Å²) in [6.45, 7) is 3.05. The molecular formula is C18H21N3O3S. The van der Waals surface area contributed by atoms with Gasteiger partial charge in [0.2, 0.25) is 0 Å². The van der Waals surface area contributed by atoms with E-state index in [2.05, 4.69) is 27.7 Å². The molecule has 1 aromatic carbocycles. The van der Waals surface area contributed by atoms with E-state index in [-0.39, 0.29) is 24.1 Å². The Hall–Kier alpha value is -2.09. The highest BCUT2D eigenvalue weighted by Crippen LogP contribution is 2.27. The SMILES string of the molecule is O=C(CNCC(c1cccs1)N1CCCC1)c1cccc([N+](=O)[O-])c1. The van der Waals surface area contributed by atoms with Crippen LogP contribution in [0.2, 0.25) is 0 Å². The van der Waals surface area contributed by atoms with E-state index in [1.807, 2.05) is 0 Å². The number of nitrogens with one attached hydrogen (secondary N) is 1. The standard InChI is InChI=1S/C18H21N3O3S/c22-17(14-5-3-6-15(11-14)21(23)24)13-19-12-16(18-7-4-10-25-18)20-8-1-2-9-20/h3-7,10-11,16,19H,1-2,8-9,12-13H2. The first-order chi connectivity index (χ1) is 12.1. The van der Waals surface area contributed by atoms with E-state index in [0.717, 1.165) is 13.1 Å². The first-order valence-electron chi connectivity index (χ1n) is 8.41. The Kier molecular flexibility index (Phi) is 5.91. The second-order valence-electron chi connectivity index (χ2n) is 6.14. The van der Waals surface area contributed by atoms with Crippen molar-refractivity contribution in [2.75, 3.05) is 26.2 Å². The maximum atomic E-state index is 12.3. The molecule has 1 aromatic heterocycles. The number of likely N-dealkylation sites (tertiary alicyclic amines) is 1. The fourth-order valence-electron chi connectivity index (χ4n) is 3.16. The molecule has 3 rings (SSSR count). The molecule has 0 spiro atoms. The van der Waals surface area contributed by atoms with Gasteiger partial charge >= 0.3 is 0 Å². The number of benzene rings is 1. The highest BCUT2D eigenvalue weighted by molar-refractivity contribution is 7.10. The third-order valence-electron chi connectivity index (χ3n) is 4.46. The quantitative estimate of drug-likeness (QED) is 0.445. The Labute approximate surface area is 150 Å². The van der Waals surface area contributed by atoms with Crippen molar-refractivity contribution in [2.24, 2.45) is 0 Å². The maximum absolute atomic E-state index is 12.3. The number of nitro benzene ring substituents is 1. The summed E-state index contributed by atoms with van der Waals surface area (Å²) in [6, 6.07) is 10.4. The fraction of sp³-hybridized carbons (Fsp3) is 0.389. The molecule has 1 aliphatic heterocycles. The molecule has 1 atom stereocenters. The van der Waals surface area contributed by atoms with Crippen molar-refractivity contribution < 1.29 is 9.72 Å². The highest BCUT2D eigenvalue weighted by atomic mass is 32.1. The lowest BCUT2D eigenvalue weighted by atomic mass is 10.1. The molecule has 1 aliphatic rings. The van der Waals surface area contributed by atoms with E-state index in [1.54, 1.807) is 23.5 Å². The first kappa shape index (κ1) is 17.7. The van der Waals surface area contributed by atoms with Crippen molar-refractivity contribution in [2.45, 2.75) is 18.9 Å². The van der Waals surface area contributed by atoms with Gasteiger partial charge in [-0.25, -0.2) is 0 Å². The monoisotopic (exact) mass is 359 g/mol. The van der Waals surface area contributed by atoms with E-state index in [9.17, 15) is 14.9 Å². The number of rotatable bonds is 8. The first-order valence-corrected chi connectivity index (χ1v) is 9.29. The largest absolute Gasteiger partial charge is 0.308 e. The van der Waals surface area contributed by atoms with E-state index < -0.39 is 4.92 Å². The molecule has 132 valence electrons. The second-order valence-corrected chi connectivity index (χ2v) is 7.12. The molecule has 2 aromatic rings. The third-order valence-corrected chi connectivity index (χ3v) is 5.43. The van der Waals surface area contributed by atoms with Crippen LogP contribution in [0.5, 0.6) is 0 Å². The Balaban J connectivity index is 1.59. The second kappa shape index (κ2) is 8.33. The Morgan fingerprint density at radius 3 is 2.76 bits per heavy atom. The van der Waals surface area contributed by atoms with Crippen LogP contribution in [0.4, 0.5) is 5.69 Å². The number of carbonyl (C=O) groups is 1. The molecule has 1 N–H and O–H groups in total. The number of nitro groups is 1. The number of Topliss-reactive ketones (excluding diaryl/α,β-unsaturated/α-hetero) is 1. The average Bonchev–Trinajstić information content (AvgIpc) is 3.32. The lowest BCUT2D eigenvalue weighted by Crippen LogP contribution is -2.35. The molecule has 1 saturated heterocycles. The highest BCUT2D eigenvalue weighted by Gasteiger charge is 2.24. The van der Waals surface area contributed by atoms with Crippen molar-refractivity contribution in [3.05, 3.63) is 62.3 Å². The van der Waals surface area contributed by atoms with Gasteiger partial charge in [0.15, 0.2) is 5.78 Å². The number of thiophene rings is 1. The number of non-ortho nitro benzene ring substituents is 1. The van der Waals surface area contributed by atoms with Crippen LogP contribution in [0, 0.1) is 10.1 Å². The van der Waals surface area contributed by atoms with Crippen molar-refractivity contribution in [1.29, 1.82) is 0 Å². The number of hydrogen-bond acceptors (Lipinski definition) is 6. The number of nitrogens with zero attached hydrogens (tertiary/aromatic N) is 2. The van der Waals surface area contributed by atoms with Crippen molar-refractivity contribution in [1.82, 2.24) is 10.2 Å². The molecule has 7 heteroatoms. The van der Waals surface area contributed by atoms with Crippen LogP contribution in [0.3, 0.4) is 0 Å². The summed E-state index contributed by atoms with van der Waals surface area (Å²) >= 11 is 1.74. The predicted octanol–water partition coefficient (Wildman–Crippen LogP) is 3.27. The summed E-state index contributed by atoms with van der Waals surface area (Å²) in [7, 11) is 0. The van der Waals surface area contributed by atoms with Gasteiger partial charge in [-0.15, -0.1) is 11.3 Å². The normalized spacial score (nSPS) is 16.0. The van der Waals surface area contributed by atoms with Gasteiger partial charge in [-0.3, -0.25) is 19.8 Å². The summed E-state index contributed by atoms with van der Waals surface area (Å²) in [6.07, 6.45) is 2.43. The Morgan fingerprint density at radius 1 is 1.28 bits per heavy atom. The van der Waals surface area contributed by atoms with Crippen LogP contribution in [-0.4, -0.2) is 41.8 Å². The zero-order valence-electron chi connectivity index (χ0n) is 13.9. The van der Waals surface area contributed by atoms with Crippen molar-refractivity contribution in [3.63, 3.8) is 0 Å². The molecule has 0 saturated carbocycles. The van der Waals surface area contributed by atoms with Crippen LogP contribution in [-0.2, 0) is 0 Å². The summed E-state index contributed by atoms with van der Waals surface area (Å²) in [4.78, 5) is 26.4. The molecule has 2 heterocycles. The fourth-order valence-corrected chi connectivity index (χ4v) is 4.02. The maximum Gasteiger partial charge on any atom is 0.270 e. The number of carbonyl (C=O) groups excluding carboxylic acids is 1. The molecular weight excluding hydrogens is 338 g/mol. The minimum atomic E-state index is -0.482. The van der Waals surface area contributed by atoms with Gasteiger partial charge in [0, 0.05) is 29.1 Å². The molecule has 6 nitrogen and oxygen atoms in total. The molecule has 0 amide bonds. The minimum Gasteiger partial charge on any atom is -0.308 e. The van der Waals surface area contributed by atoms with E-state index in [0.29, 0.717) is 12.1 Å². The van der Waals surface area contributed by atoms with Gasteiger partial charge < -0.3 is 5.32 Å². The molecule has 25 heavy (non-hydrogen) atoms. The van der Waals surface area contributed by atoms with Crippen LogP contribution in [0.25, 0.3) is 0 Å². The summed E-state index contributed by atoms with van der Waals surface area (Å²) < 4.78 is 0. The molecule has 0 radical (unpaired) electrons. The zero-order valence-corrected chi connectivity index (χ0v) is 14.7. The molecule has 1 fully saturated rings. The van der Waals surface area contributed by atoms with Crippen LogP contribution in [0.1, 0.15) is 34.1 Å². The third kappa shape index (κ3) is 4.50. The lowest BCUT2D eigenvalue weighted by molar-refractivity contribution is -0.384. The van der Waals surface area contributed by atoms with Gasteiger partial charge in [0.05, 0.1) is 17.5 Å². The predicted molar refractivity (Wildman–Crippen MR) is 98.2 cm³/mol. The van der Waals surface area contributed by atoms with Crippen molar-refractivity contribution in [3.8, 4) is 0 Å². The number of hydrogen-bond donors (Lipinski definition) is 1. The molecule has 0 bridgehead atoms. The topological polar surface area (TPSA) is 75.5 Å².